The summed E-state index contributed by atoms with van der Waals surface area (Å²) < 4.78 is 17.3. The molecular weight excluding hydrogens is 532 g/mol. The van der Waals surface area contributed by atoms with Gasteiger partial charge in [-0.15, -0.1) is 0 Å². The molecule has 1 aliphatic heterocycles. The maximum atomic E-state index is 13.5. The molecule has 0 spiro atoms. The number of hydrogen-bond acceptors (Lipinski definition) is 7. The molecule has 1 saturated heterocycles. The average molecular weight is 573 g/mol. The van der Waals surface area contributed by atoms with Gasteiger partial charge in [-0.05, 0) is 68.4 Å². The number of methoxy groups -OCH3 is 1. The van der Waals surface area contributed by atoms with Crippen LogP contribution in [0.15, 0.2) is 78.4 Å². The van der Waals surface area contributed by atoms with E-state index in [2.05, 4.69) is 18.7 Å². The molecule has 3 aromatic carbocycles. The summed E-state index contributed by atoms with van der Waals surface area (Å²) in [7, 11) is 1.55. The summed E-state index contributed by atoms with van der Waals surface area (Å²) in [5.74, 6) is -0.0258. The first kappa shape index (κ1) is 30.7. The van der Waals surface area contributed by atoms with Crippen LogP contribution in [0.2, 0.25) is 0 Å². The van der Waals surface area contributed by atoms with Crippen LogP contribution in [0.4, 0.5) is 0 Å². The summed E-state index contributed by atoms with van der Waals surface area (Å²) >= 11 is 0. The number of amides is 1. The predicted molar refractivity (Wildman–Crippen MR) is 163 cm³/mol. The third-order valence-corrected chi connectivity index (χ3v) is 7.47. The Bertz CT molecular complexity index is 1400. The van der Waals surface area contributed by atoms with Gasteiger partial charge in [0.05, 0.1) is 25.3 Å². The number of benzene rings is 3. The second-order valence-electron chi connectivity index (χ2n) is 10.0. The van der Waals surface area contributed by atoms with E-state index in [1.807, 2.05) is 43.3 Å². The number of ether oxygens (including phenoxy) is 3. The van der Waals surface area contributed by atoms with Gasteiger partial charge in [-0.2, -0.15) is 0 Å². The molecule has 4 rings (SSSR count). The molecule has 8 nitrogen and oxygen atoms in total. The van der Waals surface area contributed by atoms with E-state index in [0.29, 0.717) is 54.6 Å². The lowest BCUT2D eigenvalue weighted by Crippen LogP contribution is -2.33. The molecule has 8 heteroatoms. The minimum absolute atomic E-state index is 0.0384. The van der Waals surface area contributed by atoms with Crippen molar-refractivity contribution in [2.24, 2.45) is 0 Å². The van der Waals surface area contributed by atoms with Gasteiger partial charge in [-0.25, -0.2) is 0 Å². The zero-order valence-corrected chi connectivity index (χ0v) is 24.8. The van der Waals surface area contributed by atoms with Crippen LogP contribution in [0.5, 0.6) is 17.2 Å². The lowest BCUT2D eigenvalue weighted by Gasteiger charge is -2.27. The Kier molecular flexibility index (Phi) is 10.6. The van der Waals surface area contributed by atoms with Crippen LogP contribution in [0.1, 0.15) is 49.9 Å². The van der Waals surface area contributed by atoms with Crippen LogP contribution in [0.3, 0.4) is 0 Å². The van der Waals surface area contributed by atoms with Gasteiger partial charge >= 0.3 is 0 Å². The Hall–Kier alpha value is -4.30. The second-order valence-corrected chi connectivity index (χ2v) is 10.0. The summed E-state index contributed by atoms with van der Waals surface area (Å²) in [6, 6.07) is 21.3. The molecule has 0 saturated carbocycles. The predicted octanol–water partition coefficient (Wildman–Crippen LogP) is 5.83. The van der Waals surface area contributed by atoms with Gasteiger partial charge in [0.15, 0.2) is 11.5 Å². The third-order valence-electron chi connectivity index (χ3n) is 7.47. The number of carbonyl (C=O) groups excluding carboxylic acids is 2. The van der Waals surface area contributed by atoms with E-state index in [-0.39, 0.29) is 11.3 Å². The Morgan fingerprint density at radius 2 is 1.67 bits per heavy atom. The molecule has 0 aliphatic carbocycles. The number of ketones is 1. The van der Waals surface area contributed by atoms with E-state index in [1.165, 1.54) is 0 Å². The summed E-state index contributed by atoms with van der Waals surface area (Å²) in [5.41, 5.74) is 2.10. The van der Waals surface area contributed by atoms with Crippen LogP contribution in [-0.2, 0) is 16.2 Å². The Balaban J connectivity index is 1.73. The quantitative estimate of drug-likeness (QED) is 0.148. The van der Waals surface area contributed by atoms with E-state index < -0.39 is 17.7 Å². The number of aliphatic hydroxyl groups is 1. The van der Waals surface area contributed by atoms with Crippen molar-refractivity contribution < 1.29 is 28.9 Å². The standard InChI is InChI=1S/C34H40N2O6/c1-5-35(6-2)19-12-20-36-31(25-17-18-28(29(22-25)40-4)42-23-24-13-9-8-10-14-24)30(33(38)34(36)39)32(37)26-15-11-16-27(21-26)41-7-3/h8-11,13-18,21-22,31,37H,5-7,12,19-20,23H2,1-4H3/b32-30+. The topological polar surface area (TPSA) is 88.5 Å². The summed E-state index contributed by atoms with van der Waals surface area (Å²) in [4.78, 5) is 30.8. The molecule has 1 N–H and O–H groups in total. The molecule has 0 radical (unpaired) electrons. The van der Waals surface area contributed by atoms with Crippen molar-refractivity contribution in [2.75, 3.05) is 39.9 Å². The lowest BCUT2D eigenvalue weighted by molar-refractivity contribution is -0.140. The van der Waals surface area contributed by atoms with Crippen molar-refractivity contribution in [1.82, 2.24) is 9.80 Å². The van der Waals surface area contributed by atoms with E-state index in [4.69, 9.17) is 14.2 Å². The van der Waals surface area contributed by atoms with Gasteiger partial charge in [0.25, 0.3) is 11.7 Å². The van der Waals surface area contributed by atoms with Crippen LogP contribution >= 0.6 is 0 Å². The zero-order valence-electron chi connectivity index (χ0n) is 24.8. The highest BCUT2D eigenvalue weighted by Crippen LogP contribution is 2.42. The van der Waals surface area contributed by atoms with Crippen LogP contribution in [0, 0.1) is 0 Å². The van der Waals surface area contributed by atoms with E-state index in [0.717, 1.165) is 25.2 Å². The Labute approximate surface area is 248 Å². The zero-order chi connectivity index (χ0) is 30.1. The number of likely N-dealkylation sites (tertiary alicyclic amines) is 1. The molecule has 1 amide bonds. The molecule has 0 aromatic heterocycles. The van der Waals surface area contributed by atoms with Crippen LogP contribution < -0.4 is 14.2 Å². The largest absolute Gasteiger partial charge is 0.507 e. The van der Waals surface area contributed by atoms with Crippen LogP contribution in [-0.4, -0.2) is 66.5 Å². The Morgan fingerprint density at radius 1 is 0.905 bits per heavy atom. The first-order chi connectivity index (χ1) is 20.4. The van der Waals surface area contributed by atoms with E-state index in [1.54, 1.807) is 48.4 Å². The number of Topliss-reactive ketones (excluding diaryl/α,β-unsaturated/α-hetero) is 1. The van der Waals surface area contributed by atoms with Crippen molar-refractivity contribution in [1.29, 1.82) is 0 Å². The molecule has 1 fully saturated rings. The molecule has 1 atom stereocenters. The highest BCUT2D eigenvalue weighted by Gasteiger charge is 2.46. The summed E-state index contributed by atoms with van der Waals surface area (Å²) in [6.45, 7) is 9.82. The SMILES string of the molecule is CCOc1cccc(/C(O)=C2\C(=O)C(=O)N(CCCN(CC)CC)C2c2ccc(OCc3ccccc3)c(OC)c2)c1. The number of aliphatic hydroxyl groups excluding tert-OH is 1. The lowest BCUT2D eigenvalue weighted by atomic mass is 9.95. The number of carbonyl (C=O) groups is 2. The highest BCUT2D eigenvalue weighted by molar-refractivity contribution is 6.46. The molecule has 1 unspecified atom stereocenters. The molecule has 3 aromatic rings. The molecule has 1 aliphatic rings. The fraction of sp³-hybridized carbons (Fsp3) is 0.353. The van der Waals surface area contributed by atoms with E-state index >= 15 is 0 Å². The first-order valence-corrected chi connectivity index (χ1v) is 14.5. The van der Waals surface area contributed by atoms with Gasteiger partial charge < -0.3 is 29.1 Å². The molecule has 1 heterocycles. The minimum atomic E-state index is -0.797. The van der Waals surface area contributed by atoms with Gasteiger partial charge in [-0.3, -0.25) is 9.59 Å². The minimum Gasteiger partial charge on any atom is -0.507 e. The number of hydrogen-bond donors (Lipinski definition) is 1. The highest BCUT2D eigenvalue weighted by atomic mass is 16.5. The summed E-state index contributed by atoms with van der Waals surface area (Å²) in [5, 5.41) is 11.5. The average Bonchev–Trinajstić information content (AvgIpc) is 3.27. The fourth-order valence-electron chi connectivity index (χ4n) is 5.23. The van der Waals surface area contributed by atoms with Crippen molar-refractivity contribution >= 4 is 17.4 Å². The van der Waals surface area contributed by atoms with Gasteiger partial charge in [0, 0.05) is 12.1 Å². The van der Waals surface area contributed by atoms with E-state index in [9.17, 15) is 14.7 Å². The van der Waals surface area contributed by atoms with Gasteiger partial charge in [-0.1, -0.05) is 62.4 Å². The first-order valence-electron chi connectivity index (χ1n) is 14.5. The molecule has 222 valence electrons. The Morgan fingerprint density at radius 3 is 2.36 bits per heavy atom. The third kappa shape index (κ3) is 6.94. The number of rotatable bonds is 14. The molecule has 42 heavy (non-hydrogen) atoms. The van der Waals surface area contributed by atoms with Crippen molar-refractivity contribution in [3.63, 3.8) is 0 Å². The number of nitrogens with zero attached hydrogens (tertiary/aromatic N) is 2. The van der Waals surface area contributed by atoms with Gasteiger partial charge in [0.2, 0.25) is 0 Å². The fourth-order valence-corrected chi connectivity index (χ4v) is 5.23. The molecular formula is C34H40N2O6. The smallest absolute Gasteiger partial charge is 0.295 e. The monoisotopic (exact) mass is 572 g/mol. The maximum Gasteiger partial charge on any atom is 0.295 e. The second kappa shape index (κ2) is 14.5. The summed E-state index contributed by atoms with van der Waals surface area (Å²) in [6.07, 6.45) is 0.681. The van der Waals surface area contributed by atoms with Crippen molar-refractivity contribution in [3.05, 3.63) is 95.1 Å². The van der Waals surface area contributed by atoms with Crippen LogP contribution in [0.25, 0.3) is 5.76 Å². The van der Waals surface area contributed by atoms with Gasteiger partial charge in [0.1, 0.15) is 18.1 Å². The normalized spacial score (nSPS) is 16.2. The maximum absolute atomic E-state index is 13.5. The van der Waals surface area contributed by atoms with Crippen molar-refractivity contribution in [3.8, 4) is 17.2 Å². The van der Waals surface area contributed by atoms with Crippen molar-refractivity contribution in [2.45, 2.75) is 39.8 Å². The molecule has 0 bridgehead atoms.